The summed E-state index contributed by atoms with van der Waals surface area (Å²) >= 11 is 0. The molecule has 1 aliphatic carbocycles. The van der Waals surface area contributed by atoms with Crippen molar-refractivity contribution >= 4 is 15.7 Å². The van der Waals surface area contributed by atoms with Gasteiger partial charge >= 0.3 is 5.97 Å². The molecule has 0 radical (unpaired) electrons. The van der Waals surface area contributed by atoms with Gasteiger partial charge in [0.15, 0.2) is 9.76 Å². The molecule has 1 aromatic rings. The second-order valence-electron chi connectivity index (χ2n) is 8.28. The van der Waals surface area contributed by atoms with E-state index in [1.807, 2.05) is 18.2 Å². The third-order valence-corrected chi connectivity index (χ3v) is 5.80. The van der Waals surface area contributed by atoms with Crippen LogP contribution in [0.25, 0.3) is 0 Å². The fraction of sp³-hybridized carbons (Fsp3) is 0.632. The fourth-order valence-corrected chi connectivity index (χ4v) is 3.33. The van der Waals surface area contributed by atoms with Gasteiger partial charge in [0.05, 0.1) is 18.6 Å². The molecule has 0 heterocycles. The lowest BCUT2D eigenvalue weighted by molar-refractivity contribution is -0.146. The van der Waals surface area contributed by atoms with Crippen LogP contribution in [0, 0.1) is 5.92 Å². The van der Waals surface area contributed by atoms with Crippen LogP contribution < -0.4 is 4.74 Å². The zero-order valence-electron chi connectivity index (χ0n) is 15.8. The molecule has 134 valence electrons. The van der Waals surface area contributed by atoms with Crippen LogP contribution in [0.2, 0.25) is 5.04 Å². The van der Waals surface area contributed by atoms with E-state index in [4.69, 9.17) is 13.9 Å². The van der Waals surface area contributed by atoms with E-state index in [1.54, 1.807) is 7.11 Å². The number of benzene rings is 1. The van der Waals surface area contributed by atoms with Gasteiger partial charge < -0.3 is 13.9 Å². The van der Waals surface area contributed by atoms with Crippen molar-refractivity contribution in [3.05, 3.63) is 29.3 Å². The summed E-state index contributed by atoms with van der Waals surface area (Å²) in [5.41, 5.74) is 1.54. The second kappa shape index (κ2) is 7.27. The quantitative estimate of drug-likeness (QED) is 0.555. The van der Waals surface area contributed by atoms with Crippen molar-refractivity contribution in [3.63, 3.8) is 0 Å². The molecule has 4 nitrogen and oxygen atoms in total. The van der Waals surface area contributed by atoms with E-state index >= 15 is 0 Å². The normalized spacial score (nSPS) is 15.8. The van der Waals surface area contributed by atoms with E-state index in [1.165, 1.54) is 0 Å². The second-order valence-corrected chi connectivity index (χ2v) is 11.0. The summed E-state index contributed by atoms with van der Waals surface area (Å²) in [5, 5.41) is 0.224. The van der Waals surface area contributed by atoms with Gasteiger partial charge in [-0.25, -0.2) is 0 Å². The minimum atomic E-state index is -0.702. The van der Waals surface area contributed by atoms with Crippen LogP contribution in [-0.4, -0.2) is 22.8 Å². The van der Waals surface area contributed by atoms with E-state index in [0.717, 1.165) is 29.7 Å². The van der Waals surface area contributed by atoms with E-state index in [2.05, 4.69) is 34.6 Å². The zero-order chi connectivity index (χ0) is 18.0. The maximum atomic E-state index is 11.7. The van der Waals surface area contributed by atoms with Gasteiger partial charge in [0.2, 0.25) is 0 Å². The molecule has 0 N–H and O–H groups in total. The van der Waals surface area contributed by atoms with Crippen LogP contribution in [0.4, 0.5) is 0 Å². The summed E-state index contributed by atoms with van der Waals surface area (Å²) < 4.78 is 17.2. The Kier molecular flexibility index (Phi) is 5.76. The Morgan fingerprint density at radius 3 is 2.42 bits per heavy atom. The predicted octanol–water partition coefficient (Wildman–Crippen LogP) is 3.70. The van der Waals surface area contributed by atoms with E-state index in [0.29, 0.717) is 6.61 Å². The fourth-order valence-electron chi connectivity index (χ4n) is 2.38. The van der Waals surface area contributed by atoms with Crippen LogP contribution in [-0.2, 0) is 26.2 Å². The first-order chi connectivity index (χ1) is 11.1. The first-order valence-electron chi connectivity index (χ1n) is 8.60. The highest BCUT2D eigenvalue weighted by Gasteiger charge is 2.31. The topological polar surface area (TPSA) is 44.8 Å². The maximum absolute atomic E-state index is 11.7. The summed E-state index contributed by atoms with van der Waals surface area (Å²) in [6.45, 7) is 11.1. The first-order valence-corrected chi connectivity index (χ1v) is 9.89. The van der Waals surface area contributed by atoms with Crippen LogP contribution in [0.15, 0.2) is 18.2 Å². The van der Waals surface area contributed by atoms with E-state index in [-0.39, 0.29) is 16.9 Å². The SMILES string of the molecule is COc1ccc(COC(=O)C2CC2)cc1C(C)(C)O[SiH2]C(C)(C)C. The van der Waals surface area contributed by atoms with Crippen molar-refractivity contribution in [2.75, 3.05) is 7.11 Å². The van der Waals surface area contributed by atoms with Gasteiger partial charge in [-0.15, -0.1) is 0 Å². The van der Waals surface area contributed by atoms with E-state index < -0.39 is 15.4 Å². The maximum Gasteiger partial charge on any atom is 0.309 e. The average Bonchev–Trinajstić information content (AvgIpc) is 3.34. The Hall–Kier alpha value is -1.33. The lowest BCUT2D eigenvalue weighted by atomic mass is 9.95. The van der Waals surface area contributed by atoms with Crippen LogP contribution >= 0.6 is 0 Å². The highest BCUT2D eigenvalue weighted by Crippen LogP contribution is 2.36. The zero-order valence-corrected chi connectivity index (χ0v) is 17.2. The highest BCUT2D eigenvalue weighted by atomic mass is 28.2. The van der Waals surface area contributed by atoms with Crippen molar-refractivity contribution in [1.82, 2.24) is 0 Å². The largest absolute Gasteiger partial charge is 0.496 e. The molecule has 1 saturated carbocycles. The summed E-state index contributed by atoms with van der Waals surface area (Å²) in [7, 11) is 0.967. The highest BCUT2D eigenvalue weighted by molar-refractivity contribution is 6.31. The third-order valence-electron chi connectivity index (χ3n) is 4.07. The molecular formula is C19H30O4Si. The first kappa shape index (κ1) is 19.0. The van der Waals surface area contributed by atoms with Gasteiger partial charge in [-0.2, -0.15) is 0 Å². The Balaban J connectivity index is 2.13. The smallest absolute Gasteiger partial charge is 0.309 e. The monoisotopic (exact) mass is 350 g/mol. The van der Waals surface area contributed by atoms with E-state index in [9.17, 15) is 4.79 Å². The summed E-state index contributed by atoms with van der Waals surface area (Å²) in [5.74, 6) is 0.850. The molecule has 0 bridgehead atoms. The number of ether oxygens (including phenoxy) is 2. The standard InChI is InChI=1S/C19H30O4Si/c1-18(2,3)24-23-19(4,5)15-11-13(7-10-16(15)21-6)12-22-17(20)14-8-9-14/h7,10-11,14H,8-9,12,24H2,1-6H3. The van der Waals surface area contributed by atoms with Crippen molar-refractivity contribution in [3.8, 4) is 5.75 Å². The van der Waals surface area contributed by atoms with Crippen molar-refractivity contribution in [1.29, 1.82) is 0 Å². The minimum Gasteiger partial charge on any atom is -0.496 e. The molecular weight excluding hydrogens is 320 g/mol. The molecule has 5 heteroatoms. The minimum absolute atomic E-state index is 0.0805. The van der Waals surface area contributed by atoms with Gasteiger partial charge in [-0.05, 0) is 49.4 Å². The Morgan fingerprint density at radius 1 is 1.21 bits per heavy atom. The van der Waals surface area contributed by atoms with Crippen LogP contribution in [0.1, 0.15) is 58.6 Å². The number of hydrogen-bond donors (Lipinski definition) is 0. The molecule has 24 heavy (non-hydrogen) atoms. The Labute approximate surface area is 147 Å². The number of rotatable bonds is 7. The summed E-state index contributed by atoms with van der Waals surface area (Å²) in [6.07, 6.45) is 1.93. The lowest BCUT2D eigenvalue weighted by Crippen LogP contribution is -2.28. The third kappa shape index (κ3) is 5.35. The molecule has 0 unspecified atom stereocenters. The van der Waals surface area contributed by atoms with Crippen molar-refractivity contribution in [2.45, 2.75) is 64.7 Å². The molecule has 0 saturated heterocycles. The molecule has 0 aromatic heterocycles. The summed E-state index contributed by atoms with van der Waals surface area (Å²) in [6, 6.07) is 5.91. The predicted molar refractivity (Wildman–Crippen MR) is 97.9 cm³/mol. The average molecular weight is 351 g/mol. The van der Waals surface area contributed by atoms with Gasteiger partial charge in [0, 0.05) is 5.56 Å². The van der Waals surface area contributed by atoms with Crippen molar-refractivity contribution in [2.24, 2.45) is 5.92 Å². The van der Waals surface area contributed by atoms with Crippen LogP contribution in [0.5, 0.6) is 5.75 Å². The molecule has 0 amide bonds. The molecule has 0 spiro atoms. The van der Waals surface area contributed by atoms with Crippen LogP contribution in [0.3, 0.4) is 0 Å². The molecule has 0 atom stereocenters. The van der Waals surface area contributed by atoms with Gasteiger partial charge in [-0.3, -0.25) is 4.79 Å². The van der Waals surface area contributed by atoms with Gasteiger partial charge in [0.25, 0.3) is 0 Å². The molecule has 1 fully saturated rings. The van der Waals surface area contributed by atoms with Crippen molar-refractivity contribution < 1.29 is 18.7 Å². The number of methoxy groups -OCH3 is 1. The molecule has 2 rings (SSSR count). The molecule has 0 aliphatic heterocycles. The summed E-state index contributed by atoms with van der Waals surface area (Å²) in [4.78, 5) is 11.7. The van der Waals surface area contributed by atoms with Gasteiger partial charge in [0.1, 0.15) is 12.4 Å². The number of esters is 1. The Morgan fingerprint density at radius 2 is 1.88 bits per heavy atom. The number of hydrogen-bond acceptors (Lipinski definition) is 4. The molecule has 1 aromatic carbocycles. The number of carbonyl (C=O) groups excluding carboxylic acids is 1. The van der Waals surface area contributed by atoms with Gasteiger partial charge in [-0.1, -0.05) is 26.8 Å². The number of carbonyl (C=O) groups is 1. The lowest BCUT2D eigenvalue weighted by Gasteiger charge is -2.31. The Bertz CT molecular complexity index is 586. The molecule has 1 aliphatic rings.